The number of anilines is 1. The van der Waals surface area contributed by atoms with E-state index < -0.39 is 11.7 Å². The predicted octanol–water partition coefficient (Wildman–Crippen LogP) is 6.59. The fourth-order valence-corrected chi connectivity index (χ4v) is 6.25. The maximum atomic E-state index is 14.1. The molecule has 0 spiro atoms. The van der Waals surface area contributed by atoms with Crippen molar-refractivity contribution in [2.24, 2.45) is 17.8 Å². The smallest absolute Gasteiger partial charge is 0.227 e. The van der Waals surface area contributed by atoms with Gasteiger partial charge in [-0.15, -0.1) is 0 Å². The van der Waals surface area contributed by atoms with Crippen molar-refractivity contribution in [3.05, 3.63) is 88.3 Å². The third-order valence-electron chi connectivity index (χ3n) is 8.16. The summed E-state index contributed by atoms with van der Waals surface area (Å²) in [5.74, 6) is 0.0133. The van der Waals surface area contributed by atoms with Crippen molar-refractivity contribution in [2.75, 3.05) is 31.1 Å². The Bertz CT molecular complexity index is 1370. The first-order chi connectivity index (χ1) is 19.3. The molecule has 3 heterocycles. The average Bonchev–Trinajstić information content (AvgIpc) is 2.99. The lowest BCUT2D eigenvalue weighted by Crippen LogP contribution is -2.52. The van der Waals surface area contributed by atoms with Gasteiger partial charge < -0.3 is 14.5 Å². The third kappa shape index (κ3) is 6.19. The van der Waals surface area contributed by atoms with Crippen molar-refractivity contribution >= 4 is 34.9 Å². The molecule has 2 aliphatic rings. The number of hydrogen-bond acceptors (Lipinski definition) is 5. The fraction of sp³-hybridized carbons (Fsp3) is 0.387. The molecule has 0 bridgehead atoms. The zero-order valence-corrected chi connectivity index (χ0v) is 23.7. The number of carbonyl (C=O) groups excluding carboxylic acids is 1. The van der Waals surface area contributed by atoms with Gasteiger partial charge >= 0.3 is 0 Å². The van der Waals surface area contributed by atoms with Crippen molar-refractivity contribution in [1.29, 1.82) is 5.26 Å². The van der Waals surface area contributed by atoms with E-state index in [4.69, 9.17) is 27.9 Å². The van der Waals surface area contributed by atoms with Gasteiger partial charge in [0.15, 0.2) is 0 Å². The maximum Gasteiger partial charge on any atom is 0.227 e. The summed E-state index contributed by atoms with van der Waals surface area (Å²) in [7, 11) is 0. The van der Waals surface area contributed by atoms with Crippen molar-refractivity contribution in [3.63, 3.8) is 0 Å². The van der Waals surface area contributed by atoms with E-state index in [2.05, 4.69) is 16.0 Å². The summed E-state index contributed by atoms with van der Waals surface area (Å²) in [6.07, 6.45) is 2.80. The molecular weight excluding hydrogens is 550 g/mol. The van der Waals surface area contributed by atoms with Crippen LogP contribution in [0.1, 0.15) is 31.2 Å². The van der Waals surface area contributed by atoms with E-state index in [1.807, 2.05) is 54.3 Å². The summed E-state index contributed by atoms with van der Waals surface area (Å²) < 4.78 is 20.2. The second kappa shape index (κ2) is 12.4. The number of halogens is 3. The molecule has 5 atom stereocenters. The number of nitriles is 1. The molecule has 1 amide bonds. The van der Waals surface area contributed by atoms with E-state index in [9.17, 15) is 14.4 Å². The molecule has 0 saturated carbocycles. The molecule has 9 heteroatoms. The fourth-order valence-electron chi connectivity index (χ4n) is 6.01. The van der Waals surface area contributed by atoms with Crippen LogP contribution in [0.4, 0.5) is 10.2 Å². The lowest BCUT2D eigenvalue weighted by Gasteiger charge is -2.44. The summed E-state index contributed by atoms with van der Waals surface area (Å²) >= 11 is 12.0. The summed E-state index contributed by atoms with van der Waals surface area (Å²) in [4.78, 5) is 22.3. The van der Waals surface area contributed by atoms with Crippen molar-refractivity contribution in [2.45, 2.75) is 31.8 Å². The van der Waals surface area contributed by atoms with E-state index in [1.54, 1.807) is 12.3 Å². The molecule has 3 aromatic rings. The quantitative estimate of drug-likeness (QED) is 0.329. The van der Waals surface area contributed by atoms with Gasteiger partial charge in [-0.05, 0) is 61.7 Å². The standard InChI is InChI=1S/C31H31Cl2FN4O2/c1-20(40-24-9-10-28(33)29(34)16-24)25-11-15-38(19-27(25)21-5-7-23(32)8-6-21)31(39)26-12-14-37(18-22(26)17-35)30-4-2-3-13-36-30/h2-10,13,16,20,22,25-27H,11-12,14-15,18-19H2,1H3/t20-,22?,25+,26?,27+/m0/s1. The van der Waals surface area contributed by atoms with Crippen molar-refractivity contribution in [1.82, 2.24) is 9.88 Å². The summed E-state index contributed by atoms with van der Waals surface area (Å²) in [5, 5.41) is 10.7. The Labute approximate surface area is 244 Å². The SMILES string of the molecule is C[C@H](Oc1ccc(Cl)c(F)c1)[C@H]1CCN(C(=O)C2CCN(c3ccccn3)CC2C#N)C[C@@H]1c1ccc(Cl)cc1. The minimum absolute atomic E-state index is 0.0174. The minimum atomic E-state index is -0.526. The van der Waals surface area contributed by atoms with E-state index >= 15 is 0 Å². The monoisotopic (exact) mass is 580 g/mol. The van der Waals surface area contributed by atoms with Gasteiger partial charge in [0.1, 0.15) is 17.4 Å². The Morgan fingerprint density at radius 2 is 1.90 bits per heavy atom. The van der Waals surface area contributed by atoms with E-state index in [0.29, 0.717) is 49.8 Å². The highest BCUT2D eigenvalue weighted by molar-refractivity contribution is 6.30. The molecule has 208 valence electrons. The van der Waals surface area contributed by atoms with Gasteiger partial charge in [-0.3, -0.25) is 4.79 Å². The van der Waals surface area contributed by atoms with Crippen LogP contribution in [0.15, 0.2) is 66.9 Å². The molecule has 2 unspecified atom stereocenters. The number of ether oxygens (including phenoxy) is 1. The Morgan fingerprint density at radius 3 is 2.60 bits per heavy atom. The highest BCUT2D eigenvalue weighted by Crippen LogP contribution is 2.38. The van der Waals surface area contributed by atoms with Gasteiger partial charge in [0.05, 0.1) is 29.0 Å². The molecule has 40 heavy (non-hydrogen) atoms. The van der Waals surface area contributed by atoms with Crippen LogP contribution in [0.3, 0.4) is 0 Å². The van der Waals surface area contributed by atoms with Crippen LogP contribution in [-0.2, 0) is 4.79 Å². The third-order valence-corrected chi connectivity index (χ3v) is 8.72. The van der Waals surface area contributed by atoms with Crippen LogP contribution in [-0.4, -0.2) is 48.1 Å². The largest absolute Gasteiger partial charge is 0.490 e. The van der Waals surface area contributed by atoms with Crippen LogP contribution >= 0.6 is 23.2 Å². The number of likely N-dealkylation sites (tertiary alicyclic amines) is 1. The highest BCUT2D eigenvalue weighted by atomic mass is 35.5. The van der Waals surface area contributed by atoms with E-state index in [-0.39, 0.29) is 34.8 Å². The number of rotatable bonds is 6. The average molecular weight is 582 g/mol. The highest BCUT2D eigenvalue weighted by Gasteiger charge is 2.41. The maximum absolute atomic E-state index is 14.1. The number of nitrogens with zero attached hydrogens (tertiary/aromatic N) is 4. The van der Waals surface area contributed by atoms with Gasteiger partial charge in [-0.1, -0.05) is 41.4 Å². The first kappa shape index (κ1) is 28.2. The topological polar surface area (TPSA) is 69.5 Å². The van der Waals surface area contributed by atoms with Crippen LogP contribution in [0.5, 0.6) is 5.75 Å². The minimum Gasteiger partial charge on any atom is -0.490 e. The number of aromatic nitrogens is 1. The number of pyridine rings is 1. The molecule has 1 aromatic heterocycles. The second-order valence-electron chi connectivity index (χ2n) is 10.6. The molecule has 2 aromatic carbocycles. The molecule has 5 rings (SSSR count). The normalized spacial score (nSPS) is 23.8. The van der Waals surface area contributed by atoms with Gasteiger partial charge in [-0.2, -0.15) is 5.26 Å². The van der Waals surface area contributed by atoms with Crippen LogP contribution in [0, 0.1) is 34.9 Å². The number of benzene rings is 2. The molecule has 6 nitrogen and oxygen atoms in total. The van der Waals surface area contributed by atoms with E-state index in [1.165, 1.54) is 12.1 Å². The Morgan fingerprint density at radius 1 is 1.10 bits per heavy atom. The first-order valence-electron chi connectivity index (χ1n) is 13.6. The lowest BCUT2D eigenvalue weighted by atomic mass is 9.77. The van der Waals surface area contributed by atoms with Gasteiger partial charge in [0, 0.05) is 55.3 Å². The zero-order chi connectivity index (χ0) is 28.2. The number of piperidine rings is 2. The summed E-state index contributed by atoms with van der Waals surface area (Å²) in [6, 6.07) is 20.3. The summed E-state index contributed by atoms with van der Waals surface area (Å²) in [5.41, 5.74) is 1.06. The molecule has 2 aliphatic heterocycles. The Hall–Kier alpha value is -3.34. The Balaban J connectivity index is 1.32. The molecule has 0 radical (unpaired) electrons. The Kier molecular flexibility index (Phi) is 8.78. The van der Waals surface area contributed by atoms with Gasteiger partial charge in [0.25, 0.3) is 0 Å². The van der Waals surface area contributed by atoms with Crippen molar-refractivity contribution < 1.29 is 13.9 Å². The number of carbonyl (C=O) groups is 1. The number of hydrogen-bond donors (Lipinski definition) is 0. The molecule has 2 fully saturated rings. The van der Waals surface area contributed by atoms with Crippen LogP contribution < -0.4 is 9.64 Å². The van der Waals surface area contributed by atoms with Gasteiger partial charge in [0.2, 0.25) is 5.91 Å². The molecule has 0 aliphatic carbocycles. The number of amides is 1. The van der Waals surface area contributed by atoms with Crippen LogP contribution in [0.2, 0.25) is 10.0 Å². The van der Waals surface area contributed by atoms with Crippen LogP contribution in [0.25, 0.3) is 0 Å². The predicted molar refractivity (Wildman–Crippen MR) is 154 cm³/mol. The summed E-state index contributed by atoms with van der Waals surface area (Å²) in [6.45, 7) is 4.20. The second-order valence-corrected chi connectivity index (χ2v) is 11.4. The van der Waals surface area contributed by atoms with Gasteiger partial charge in [-0.25, -0.2) is 9.37 Å². The first-order valence-corrected chi connectivity index (χ1v) is 14.3. The van der Waals surface area contributed by atoms with E-state index in [0.717, 1.165) is 11.4 Å². The molecule has 0 N–H and O–H groups in total. The van der Waals surface area contributed by atoms with Crippen molar-refractivity contribution in [3.8, 4) is 11.8 Å². The lowest BCUT2D eigenvalue weighted by molar-refractivity contribution is -0.139. The molecule has 2 saturated heterocycles. The molecular formula is C31H31Cl2FN4O2. The zero-order valence-electron chi connectivity index (χ0n) is 22.2.